The van der Waals surface area contributed by atoms with Gasteiger partial charge in [-0.25, -0.2) is 0 Å². The monoisotopic (exact) mass is 578 g/mol. The molecule has 0 bridgehead atoms. The van der Waals surface area contributed by atoms with E-state index in [1.54, 1.807) is 24.2 Å². The molecule has 10 heteroatoms. The number of aliphatic hydroxyl groups excluding tert-OH is 1. The molecule has 2 amide bonds. The summed E-state index contributed by atoms with van der Waals surface area (Å²) in [6.45, 7) is 12.0. The van der Waals surface area contributed by atoms with Crippen LogP contribution in [0, 0.1) is 5.92 Å². The second kappa shape index (κ2) is 10.7. The molecule has 1 N–H and O–H groups in total. The summed E-state index contributed by atoms with van der Waals surface area (Å²) in [5.41, 5.74) is 0.617. The van der Waals surface area contributed by atoms with Gasteiger partial charge in [0.05, 0.1) is 33.4 Å². The van der Waals surface area contributed by atoms with Crippen LogP contribution in [0.2, 0.25) is 18.6 Å². The Morgan fingerprint density at radius 2 is 1.93 bits per heavy atom. The number of hydrogen-bond donors (Lipinski definition) is 1. The first-order valence-electron chi connectivity index (χ1n) is 14.0. The maximum absolute atomic E-state index is 14.4. The molecule has 0 aromatic heterocycles. The van der Waals surface area contributed by atoms with Gasteiger partial charge >= 0.3 is 5.97 Å². The summed E-state index contributed by atoms with van der Waals surface area (Å²) < 4.78 is 17.6. The highest BCUT2D eigenvalue weighted by Gasteiger charge is 2.66. The van der Waals surface area contributed by atoms with Crippen LogP contribution >= 0.6 is 0 Å². The number of carbonyl (C=O) groups excluding carboxylic acids is 3. The van der Waals surface area contributed by atoms with Gasteiger partial charge in [0.25, 0.3) is 5.91 Å². The van der Waals surface area contributed by atoms with E-state index in [0.29, 0.717) is 29.9 Å². The van der Waals surface area contributed by atoms with Crippen molar-refractivity contribution in [2.75, 3.05) is 30.1 Å². The summed E-state index contributed by atoms with van der Waals surface area (Å²) in [5.74, 6) is -0.269. The number of aliphatic hydroxyl groups is 1. The highest BCUT2D eigenvalue weighted by atomic mass is 28.3. The molecule has 218 valence electrons. The van der Waals surface area contributed by atoms with E-state index in [9.17, 15) is 19.5 Å². The first-order valence-corrected chi connectivity index (χ1v) is 17.1. The molecule has 2 saturated heterocycles. The quantitative estimate of drug-likeness (QED) is 0.210. The van der Waals surface area contributed by atoms with Crippen LogP contribution in [0.15, 0.2) is 55.1 Å². The van der Waals surface area contributed by atoms with Gasteiger partial charge < -0.3 is 24.2 Å². The molecule has 41 heavy (non-hydrogen) atoms. The second-order valence-corrected chi connectivity index (χ2v) is 16.3. The Balaban J connectivity index is 1.62. The van der Waals surface area contributed by atoms with Gasteiger partial charge in [0.15, 0.2) is 11.8 Å². The van der Waals surface area contributed by atoms with Crippen LogP contribution in [0.5, 0.6) is 5.75 Å². The van der Waals surface area contributed by atoms with E-state index < -0.39 is 25.9 Å². The molecular weight excluding hydrogens is 540 g/mol. The fourth-order valence-corrected chi connectivity index (χ4v) is 11.2. The van der Waals surface area contributed by atoms with Crippen molar-refractivity contribution in [2.45, 2.75) is 63.3 Å². The molecule has 3 aliphatic heterocycles. The van der Waals surface area contributed by atoms with Crippen LogP contribution in [0.25, 0.3) is 0 Å². The lowest BCUT2D eigenvalue weighted by Crippen LogP contribution is -2.55. The number of fused-ring (bicyclic) bond motifs is 2. The van der Waals surface area contributed by atoms with Crippen LogP contribution in [0.4, 0.5) is 11.4 Å². The smallest absolute Gasteiger partial charge is 0.304 e. The zero-order valence-electron chi connectivity index (χ0n) is 24.3. The minimum Gasteiger partial charge on any atom is -0.497 e. The highest BCUT2D eigenvalue weighted by molar-refractivity contribution is 6.91. The van der Waals surface area contributed by atoms with Crippen molar-refractivity contribution in [3.63, 3.8) is 0 Å². The minimum atomic E-state index is -2.31. The molecule has 5 rings (SSSR count). The van der Waals surface area contributed by atoms with Gasteiger partial charge in [-0.1, -0.05) is 43.4 Å². The van der Waals surface area contributed by atoms with E-state index >= 15 is 0 Å². The number of methoxy groups -OCH3 is 1. The van der Waals surface area contributed by atoms with Crippen LogP contribution in [-0.4, -0.2) is 63.6 Å². The molecule has 2 fully saturated rings. The third-order valence-corrected chi connectivity index (χ3v) is 13.4. The van der Waals surface area contributed by atoms with Crippen molar-refractivity contribution >= 4 is 42.4 Å². The summed E-state index contributed by atoms with van der Waals surface area (Å²) >= 11 is 0. The molecule has 1 spiro atoms. The third kappa shape index (κ3) is 4.49. The van der Waals surface area contributed by atoms with E-state index in [0.717, 1.165) is 5.75 Å². The summed E-state index contributed by atoms with van der Waals surface area (Å²) in [6, 6.07) is 13.5. The van der Waals surface area contributed by atoms with Crippen LogP contribution in [0.1, 0.15) is 32.3 Å². The zero-order chi connectivity index (χ0) is 29.7. The molecule has 3 aliphatic rings. The Labute approximate surface area is 241 Å². The summed E-state index contributed by atoms with van der Waals surface area (Å²) in [5, 5.41) is 11.3. The number of amides is 2. The number of nitrogens with zero attached hydrogens (tertiary/aromatic N) is 2. The van der Waals surface area contributed by atoms with Gasteiger partial charge in [0.1, 0.15) is 5.75 Å². The third-order valence-electron chi connectivity index (χ3n) is 9.03. The van der Waals surface area contributed by atoms with Crippen molar-refractivity contribution in [2.24, 2.45) is 5.92 Å². The lowest BCUT2D eigenvalue weighted by molar-refractivity contribution is -0.153. The predicted octanol–water partition coefficient (Wildman–Crippen LogP) is 3.45. The average molecular weight is 579 g/mol. The molecule has 2 aromatic rings. The SMILES string of the molecule is C=CCN1C(=O)[C@]2(O[C@H](CCO)[C@@H]([Si](C)(C)c3ccc(OC)cc3)[C@@H]2C)c2cc(N3C(=O)CC3OC(C)=O)ccc21. The largest absolute Gasteiger partial charge is 0.497 e. The summed E-state index contributed by atoms with van der Waals surface area (Å²) in [6.07, 6.45) is 1.14. The fourth-order valence-electron chi connectivity index (χ4n) is 7.14. The zero-order valence-corrected chi connectivity index (χ0v) is 25.3. The Bertz CT molecular complexity index is 1380. The summed E-state index contributed by atoms with van der Waals surface area (Å²) in [4.78, 5) is 41.8. The topological polar surface area (TPSA) is 106 Å². The van der Waals surface area contributed by atoms with E-state index in [1.807, 2.05) is 24.3 Å². The summed E-state index contributed by atoms with van der Waals surface area (Å²) in [7, 11) is -0.667. The predicted molar refractivity (Wildman–Crippen MR) is 158 cm³/mol. The van der Waals surface area contributed by atoms with Gasteiger partial charge in [0, 0.05) is 37.2 Å². The number of esters is 1. The Morgan fingerprint density at radius 3 is 2.51 bits per heavy atom. The van der Waals surface area contributed by atoms with Crippen molar-refractivity contribution in [1.82, 2.24) is 0 Å². The lowest BCUT2D eigenvalue weighted by atomic mass is 9.82. The first-order chi connectivity index (χ1) is 19.5. The molecule has 0 radical (unpaired) electrons. The average Bonchev–Trinajstić information content (AvgIpc) is 3.35. The van der Waals surface area contributed by atoms with E-state index in [4.69, 9.17) is 14.2 Å². The number of rotatable bonds is 9. The maximum Gasteiger partial charge on any atom is 0.304 e. The van der Waals surface area contributed by atoms with E-state index in [2.05, 4.69) is 38.7 Å². The maximum atomic E-state index is 14.4. The van der Waals surface area contributed by atoms with Crippen molar-refractivity contribution in [3.8, 4) is 5.75 Å². The Kier molecular flexibility index (Phi) is 7.60. The van der Waals surface area contributed by atoms with Gasteiger partial charge in [-0.2, -0.15) is 0 Å². The number of β-lactam (4-membered cyclic amide) rings is 1. The second-order valence-electron chi connectivity index (χ2n) is 11.6. The molecule has 9 nitrogen and oxygen atoms in total. The van der Waals surface area contributed by atoms with Gasteiger partial charge in [0.2, 0.25) is 5.91 Å². The fraction of sp³-hybridized carbons (Fsp3) is 0.452. The van der Waals surface area contributed by atoms with Gasteiger partial charge in [-0.3, -0.25) is 19.3 Å². The van der Waals surface area contributed by atoms with Crippen molar-refractivity contribution in [1.29, 1.82) is 0 Å². The lowest BCUT2D eigenvalue weighted by Gasteiger charge is -2.39. The number of hydrogen-bond acceptors (Lipinski definition) is 7. The minimum absolute atomic E-state index is 0.00776. The van der Waals surface area contributed by atoms with Crippen LogP contribution in [0.3, 0.4) is 0 Å². The molecule has 1 unspecified atom stereocenters. The standard InChI is InChI=1S/C31H38N2O7Si/c1-7-15-32-25-13-8-21(33-27(36)18-28(33)39-20(3)35)17-24(25)31(30(32)37)19(2)29(26(40-31)14-16-34)41(5,6)23-11-9-22(38-4)10-12-23/h7-13,17,19,26,28-29,34H,1,14-16,18H2,2-6H3/t19-,26+,28?,29-,31+/m0/s1. The number of benzene rings is 2. The first kappa shape index (κ1) is 29.0. The molecule has 0 aliphatic carbocycles. The number of anilines is 2. The van der Waals surface area contributed by atoms with E-state index in [-0.39, 0.29) is 42.4 Å². The van der Waals surface area contributed by atoms with Crippen LogP contribution < -0.4 is 19.7 Å². The Morgan fingerprint density at radius 1 is 1.22 bits per heavy atom. The highest BCUT2D eigenvalue weighted by Crippen LogP contribution is 2.60. The molecular formula is C31H38N2O7Si. The van der Waals surface area contributed by atoms with Crippen LogP contribution in [-0.2, 0) is 29.5 Å². The molecule has 5 atom stereocenters. The number of carbonyl (C=O) groups is 3. The van der Waals surface area contributed by atoms with E-state index in [1.165, 1.54) is 17.0 Å². The molecule has 0 saturated carbocycles. The number of ether oxygens (including phenoxy) is 3. The molecule has 3 heterocycles. The van der Waals surface area contributed by atoms with Crippen molar-refractivity contribution in [3.05, 3.63) is 60.7 Å². The van der Waals surface area contributed by atoms with Gasteiger partial charge in [-0.05, 0) is 42.3 Å². The normalized spacial score (nSPS) is 27.2. The Hall–Kier alpha value is -3.47. The van der Waals surface area contributed by atoms with Gasteiger partial charge in [-0.15, -0.1) is 6.58 Å². The van der Waals surface area contributed by atoms with Crippen molar-refractivity contribution < 1.29 is 33.7 Å². The molecule has 2 aromatic carbocycles.